The quantitative estimate of drug-likeness (QED) is 0.890. The molecule has 0 unspecified atom stereocenters. The monoisotopic (exact) mass is 319 g/mol. The van der Waals surface area contributed by atoms with E-state index in [9.17, 15) is 10.1 Å². The summed E-state index contributed by atoms with van der Waals surface area (Å²) in [6.07, 6.45) is 2.43. The highest BCUT2D eigenvalue weighted by Gasteiger charge is 2.29. The zero-order valence-electron chi connectivity index (χ0n) is 13.8. The first-order valence-electron chi connectivity index (χ1n) is 8.24. The van der Waals surface area contributed by atoms with Gasteiger partial charge in [0.2, 0.25) is 0 Å². The van der Waals surface area contributed by atoms with E-state index in [1.165, 1.54) is 18.4 Å². The summed E-state index contributed by atoms with van der Waals surface area (Å²) in [6, 6.07) is 18.4. The Labute approximate surface area is 142 Å². The van der Waals surface area contributed by atoms with Crippen LogP contribution in [-0.4, -0.2) is 23.9 Å². The minimum Gasteiger partial charge on any atom is -0.355 e. The second kappa shape index (κ2) is 7.29. The molecule has 0 bridgehead atoms. The Bertz CT molecular complexity index is 757. The molecule has 1 fully saturated rings. The van der Waals surface area contributed by atoms with Crippen molar-refractivity contribution in [2.45, 2.75) is 32.0 Å². The Hall–Kier alpha value is -2.64. The van der Waals surface area contributed by atoms with E-state index >= 15 is 0 Å². The summed E-state index contributed by atoms with van der Waals surface area (Å²) in [6.45, 7) is 1.62. The Balaban J connectivity index is 1.73. The summed E-state index contributed by atoms with van der Waals surface area (Å²) in [5, 5.41) is 11.9. The van der Waals surface area contributed by atoms with Crippen molar-refractivity contribution in [2.24, 2.45) is 0 Å². The van der Waals surface area contributed by atoms with Crippen molar-refractivity contribution in [1.82, 2.24) is 10.2 Å². The fraction of sp³-hybridized carbons (Fsp3) is 0.300. The standard InChI is InChI=1S/C20H21N3O/c1-22-20(24)16-8-6-15(7-9-16)13-23(19-10-11-19)14-18-5-3-2-4-17(18)12-21/h2-9,19H,10-11,13-14H2,1H3,(H,22,24). The molecule has 122 valence electrons. The first-order chi connectivity index (χ1) is 11.7. The number of nitriles is 1. The van der Waals surface area contributed by atoms with Crippen LogP contribution < -0.4 is 5.32 Å². The van der Waals surface area contributed by atoms with Crippen molar-refractivity contribution in [1.29, 1.82) is 5.26 Å². The van der Waals surface area contributed by atoms with Crippen LogP contribution >= 0.6 is 0 Å². The Morgan fingerprint density at radius 2 is 1.88 bits per heavy atom. The van der Waals surface area contributed by atoms with E-state index in [1.807, 2.05) is 48.5 Å². The number of nitrogens with one attached hydrogen (secondary N) is 1. The molecule has 4 nitrogen and oxygen atoms in total. The fourth-order valence-electron chi connectivity index (χ4n) is 2.88. The van der Waals surface area contributed by atoms with Crippen LogP contribution in [0.2, 0.25) is 0 Å². The molecule has 0 aromatic heterocycles. The Morgan fingerprint density at radius 1 is 1.17 bits per heavy atom. The van der Waals surface area contributed by atoms with Gasteiger partial charge in [-0.1, -0.05) is 30.3 Å². The summed E-state index contributed by atoms with van der Waals surface area (Å²) >= 11 is 0. The van der Waals surface area contributed by atoms with Crippen LogP contribution in [0.1, 0.15) is 39.9 Å². The van der Waals surface area contributed by atoms with Gasteiger partial charge in [0.25, 0.3) is 5.91 Å². The van der Waals surface area contributed by atoms with Crippen LogP contribution in [0.5, 0.6) is 0 Å². The van der Waals surface area contributed by atoms with Crippen LogP contribution in [0.25, 0.3) is 0 Å². The third-order valence-corrected chi connectivity index (χ3v) is 4.40. The third-order valence-electron chi connectivity index (χ3n) is 4.40. The van der Waals surface area contributed by atoms with Crippen molar-refractivity contribution >= 4 is 5.91 Å². The number of carbonyl (C=O) groups is 1. The lowest BCUT2D eigenvalue weighted by Crippen LogP contribution is -2.25. The fourth-order valence-corrected chi connectivity index (χ4v) is 2.88. The minimum absolute atomic E-state index is 0.0662. The van der Waals surface area contributed by atoms with E-state index in [2.05, 4.69) is 16.3 Å². The van der Waals surface area contributed by atoms with Crippen LogP contribution in [0, 0.1) is 11.3 Å². The smallest absolute Gasteiger partial charge is 0.251 e. The zero-order valence-corrected chi connectivity index (χ0v) is 13.8. The van der Waals surface area contributed by atoms with E-state index < -0.39 is 0 Å². The van der Waals surface area contributed by atoms with Gasteiger partial charge in [-0.2, -0.15) is 5.26 Å². The van der Waals surface area contributed by atoms with Gasteiger partial charge in [-0.3, -0.25) is 9.69 Å². The van der Waals surface area contributed by atoms with Gasteiger partial charge >= 0.3 is 0 Å². The van der Waals surface area contributed by atoms with E-state index in [-0.39, 0.29) is 5.91 Å². The molecule has 0 saturated heterocycles. The summed E-state index contributed by atoms with van der Waals surface area (Å²) in [5.41, 5.74) is 3.69. The first-order valence-corrected chi connectivity index (χ1v) is 8.24. The average Bonchev–Trinajstić information content (AvgIpc) is 3.46. The highest BCUT2D eigenvalue weighted by atomic mass is 16.1. The van der Waals surface area contributed by atoms with Crippen LogP contribution in [0.3, 0.4) is 0 Å². The molecule has 1 amide bonds. The lowest BCUT2D eigenvalue weighted by Gasteiger charge is -2.23. The second-order valence-corrected chi connectivity index (χ2v) is 6.18. The molecule has 0 atom stereocenters. The normalized spacial score (nSPS) is 13.5. The van der Waals surface area contributed by atoms with Crippen molar-refractivity contribution < 1.29 is 4.79 Å². The van der Waals surface area contributed by atoms with Crippen molar-refractivity contribution in [3.05, 3.63) is 70.8 Å². The van der Waals surface area contributed by atoms with Gasteiger partial charge in [0, 0.05) is 31.7 Å². The van der Waals surface area contributed by atoms with E-state index in [0.29, 0.717) is 11.6 Å². The average molecular weight is 319 g/mol. The number of amides is 1. The third kappa shape index (κ3) is 3.81. The number of hydrogen-bond donors (Lipinski definition) is 1. The molecule has 3 rings (SSSR count). The highest BCUT2D eigenvalue weighted by Crippen LogP contribution is 2.30. The van der Waals surface area contributed by atoms with E-state index in [4.69, 9.17) is 0 Å². The molecule has 1 saturated carbocycles. The summed E-state index contributed by atoms with van der Waals surface area (Å²) < 4.78 is 0. The predicted molar refractivity (Wildman–Crippen MR) is 93.3 cm³/mol. The number of carbonyl (C=O) groups excluding carboxylic acids is 1. The van der Waals surface area contributed by atoms with Crippen molar-refractivity contribution in [3.8, 4) is 6.07 Å². The Kier molecular flexibility index (Phi) is 4.93. The first kappa shape index (κ1) is 16.2. The molecule has 0 heterocycles. The molecule has 0 aliphatic heterocycles. The van der Waals surface area contributed by atoms with E-state index in [0.717, 1.165) is 24.2 Å². The molecule has 4 heteroatoms. The van der Waals surface area contributed by atoms with Crippen LogP contribution in [0.15, 0.2) is 48.5 Å². The molecular formula is C20H21N3O. The maximum Gasteiger partial charge on any atom is 0.251 e. The molecule has 2 aromatic rings. The number of hydrogen-bond acceptors (Lipinski definition) is 3. The van der Waals surface area contributed by atoms with Crippen molar-refractivity contribution in [3.63, 3.8) is 0 Å². The molecule has 2 aromatic carbocycles. The minimum atomic E-state index is -0.0662. The molecule has 0 spiro atoms. The highest BCUT2D eigenvalue weighted by molar-refractivity contribution is 5.93. The molecule has 1 aliphatic carbocycles. The van der Waals surface area contributed by atoms with Gasteiger partial charge in [0.1, 0.15) is 0 Å². The summed E-state index contributed by atoms with van der Waals surface area (Å²) in [7, 11) is 1.64. The maximum absolute atomic E-state index is 11.6. The van der Waals surface area contributed by atoms with Gasteiger partial charge < -0.3 is 5.32 Å². The Morgan fingerprint density at radius 3 is 2.50 bits per heavy atom. The lowest BCUT2D eigenvalue weighted by molar-refractivity contribution is 0.0963. The lowest BCUT2D eigenvalue weighted by atomic mass is 10.1. The van der Waals surface area contributed by atoms with Crippen LogP contribution in [0.4, 0.5) is 0 Å². The SMILES string of the molecule is CNC(=O)c1ccc(CN(Cc2ccccc2C#N)C2CC2)cc1. The van der Waals surface area contributed by atoms with Gasteiger partial charge in [-0.15, -0.1) is 0 Å². The molecule has 0 radical (unpaired) electrons. The predicted octanol–water partition coefficient (Wildman–Crippen LogP) is 3.08. The largest absolute Gasteiger partial charge is 0.355 e. The van der Waals surface area contributed by atoms with Crippen molar-refractivity contribution in [2.75, 3.05) is 7.05 Å². The number of rotatable bonds is 6. The molecular weight excluding hydrogens is 298 g/mol. The van der Waals surface area contributed by atoms with Crippen LogP contribution in [-0.2, 0) is 13.1 Å². The molecule has 1 N–H and O–H groups in total. The van der Waals surface area contributed by atoms with Gasteiger partial charge in [0.15, 0.2) is 0 Å². The van der Waals surface area contributed by atoms with Gasteiger partial charge in [-0.05, 0) is 42.2 Å². The number of benzene rings is 2. The van der Waals surface area contributed by atoms with Gasteiger partial charge in [-0.25, -0.2) is 0 Å². The van der Waals surface area contributed by atoms with Gasteiger partial charge in [0.05, 0.1) is 11.6 Å². The topological polar surface area (TPSA) is 56.1 Å². The van der Waals surface area contributed by atoms with E-state index in [1.54, 1.807) is 7.05 Å². The summed E-state index contributed by atoms with van der Waals surface area (Å²) in [4.78, 5) is 14.0. The molecule has 24 heavy (non-hydrogen) atoms. The second-order valence-electron chi connectivity index (χ2n) is 6.18. The number of nitrogens with zero attached hydrogens (tertiary/aromatic N) is 2. The summed E-state index contributed by atoms with van der Waals surface area (Å²) in [5.74, 6) is -0.0662. The zero-order chi connectivity index (χ0) is 16.9. The maximum atomic E-state index is 11.6. The molecule has 1 aliphatic rings.